The average Bonchev–Trinajstić information content (AvgIpc) is 2.62. The van der Waals surface area contributed by atoms with Crippen LogP contribution in [0.2, 0.25) is 0 Å². The van der Waals surface area contributed by atoms with Gasteiger partial charge < -0.3 is 15.7 Å². The summed E-state index contributed by atoms with van der Waals surface area (Å²) in [5.41, 5.74) is 6.42. The number of rotatable bonds is 5. The number of alkyl halides is 3. The zero-order chi connectivity index (χ0) is 20.2. The number of nitrogens with zero attached hydrogens (tertiary/aromatic N) is 1. The molecule has 0 bridgehead atoms. The molecule has 0 aliphatic rings. The number of amides is 1. The van der Waals surface area contributed by atoms with Crippen LogP contribution in [0.4, 0.5) is 18.9 Å². The third-order valence-corrected chi connectivity index (χ3v) is 4.16. The van der Waals surface area contributed by atoms with E-state index in [0.717, 1.165) is 17.0 Å². The van der Waals surface area contributed by atoms with Gasteiger partial charge in [-0.1, -0.05) is 31.2 Å². The first-order valence-electron chi connectivity index (χ1n) is 8.19. The van der Waals surface area contributed by atoms with E-state index in [-0.39, 0.29) is 6.54 Å². The van der Waals surface area contributed by atoms with Crippen LogP contribution in [0, 0.1) is 0 Å². The van der Waals surface area contributed by atoms with E-state index in [4.69, 9.17) is 10.8 Å². The lowest BCUT2D eigenvalue weighted by Crippen LogP contribution is -2.38. The predicted octanol–water partition coefficient (Wildman–Crippen LogP) is 3.85. The molecule has 0 heterocycles. The number of nitrogen functional groups attached to an aromatic ring is 1. The summed E-state index contributed by atoms with van der Waals surface area (Å²) in [7, 11) is 0. The van der Waals surface area contributed by atoms with Crippen LogP contribution in [0.15, 0.2) is 48.5 Å². The van der Waals surface area contributed by atoms with Crippen molar-refractivity contribution in [3.8, 4) is 0 Å². The lowest BCUT2D eigenvalue weighted by molar-refractivity contribution is -0.157. The molecule has 0 saturated carbocycles. The Hall–Kier alpha value is -3.03. The van der Waals surface area contributed by atoms with Crippen LogP contribution < -0.4 is 5.73 Å². The summed E-state index contributed by atoms with van der Waals surface area (Å²) in [6.07, 6.45) is -4.14. The summed E-state index contributed by atoms with van der Waals surface area (Å²) >= 11 is 0. The molecule has 1 amide bonds. The Kier molecular flexibility index (Phi) is 6.09. The number of carboxylic acid groups (broad SMARTS) is 1. The number of halogens is 3. The number of aliphatic carboxylic acids is 1. The van der Waals surface area contributed by atoms with E-state index >= 15 is 0 Å². The lowest BCUT2D eigenvalue weighted by Gasteiger charge is -2.30. The molecule has 0 fully saturated rings. The van der Waals surface area contributed by atoms with Gasteiger partial charge in [-0.2, -0.15) is 13.2 Å². The molecule has 2 aromatic carbocycles. The Morgan fingerprint density at radius 3 is 2.07 bits per heavy atom. The minimum absolute atomic E-state index is 0.00899. The third-order valence-electron chi connectivity index (χ3n) is 4.16. The van der Waals surface area contributed by atoms with Gasteiger partial charge in [0.25, 0.3) is 0 Å². The van der Waals surface area contributed by atoms with Crippen molar-refractivity contribution in [1.29, 1.82) is 0 Å². The van der Waals surface area contributed by atoms with Gasteiger partial charge >= 0.3 is 18.1 Å². The lowest BCUT2D eigenvalue weighted by atomic mass is 10.00. The molecule has 0 radical (unpaired) electrons. The molecule has 0 aliphatic heterocycles. The number of hydrogen-bond acceptors (Lipinski definition) is 3. The van der Waals surface area contributed by atoms with Gasteiger partial charge in [0.2, 0.25) is 0 Å². The highest BCUT2D eigenvalue weighted by Gasteiger charge is 2.32. The second-order valence-electron chi connectivity index (χ2n) is 6.02. The standard InChI is InChI=1S/C19H19F3N2O3/c1-2-16(13-5-7-14(8-6-13)19(20,21)22)24(17(25)18(26)27)11-12-3-9-15(23)10-4-12/h3-10,16H,2,11,23H2,1H3,(H,26,27). The van der Waals surface area contributed by atoms with Crippen molar-refractivity contribution in [3.05, 3.63) is 65.2 Å². The fourth-order valence-corrected chi connectivity index (χ4v) is 2.80. The second-order valence-corrected chi connectivity index (χ2v) is 6.02. The number of anilines is 1. The van der Waals surface area contributed by atoms with Gasteiger partial charge in [-0.3, -0.25) is 4.79 Å². The Morgan fingerprint density at radius 1 is 1.07 bits per heavy atom. The molecular weight excluding hydrogens is 361 g/mol. The summed E-state index contributed by atoms with van der Waals surface area (Å²) in [6.45, 7) is 1.72. The third kappa shape index (κ3) is 4.99. The van der Waals surface area contributed by atoms with Crippen LogP contribution in [-0.4, -0.2) is 21.9 Å². The highest BCUT2D eigenvalue weighted by Crippen LogP contribution is 2.32. The van der Waals surface area contributed by atoms with Crippen LogP contribution in [-0.2, 0) is 22.3 Å². The molecule has 1 unspecified atom stereocenters. The van der Waals surface area contributed by atoms with E-state index in [0.29, 0.717) is 23.2 Å². The van der Waals surface area contributed by atoms with Crippen LogP contribution in [0.3, 0.4) is 0 Å². The fourth-order valence-electron chi connectivity index (χ4n) is 2.80. The van der Waals surface area contributed by atoms with E-state index in [2.05, 4.69) is 0 Å². The van der Waals surface area contributed by atoms with Crippen molar-refractivity contribution in [2.24, 2.45) is 0 Å². The number of benzene rings is 2. The van der Waals surface area contributed by atoms with Crippen molar-refractivity contribution in [2.75, 3.05) is 5.73 Å². The molecule has 2 aromatic rings. The van der Waals surface area contributed by atoms with Crippen molar-refractivity contribution < 1.29 is 27.9 Å². The average molecular weight is 380 g/mol. The first-order valence-corrected chi connectivity index (χ1v) is 8.19. The Bertz CT molecular complexity index is 802. The smallest absolute Gasteiger partial charge is 0.416 e. The Labute approximate surface area is 154 Å². The van der Waals surface area contributed by atoms with E-state index in [1.54, 1.807) is 31.2 Å². The fraction of sp³-hybridized carbons (Fsp3) is 0.263. The molecular formula is C19H19F3N2O3. The molecule has 5 nitrogen and oxygen atoms in total. The normalized spacial score (nSPS) is 12.4. The Morgan fingerprint density at radius 2 is 1.63 bits per heavy atom. The molecule has 0 aromatic heterocycles. The van der Waals surface area contributed by atoms with Crippen LogP contribution >= 0.6 is 0 Å². The van der Waals surface area contributed by atoms with Crippen molar-refractivity contribution >= 4 is 17.6 Å². The number of carbonyl (C=O) groups excluding carboxylic acids is 1. The summed E-state index contributed by atoms with van der Waals surface area (Å²) in [5.74, 6) is -2.76. The molecule has 3 N–H and O–H groups in total. The maximum absolute atomic E-state index is 12.8. The maximum atomic E-state index is 12.8. The largest absolute Gasteiger partial charge is 0.474 e. The molecule has 27 heavy (non-hydrogen) atoms. The highest BCUT2D eigenvalue weighted by molar-refractivity contribution is 6.31. The second kappa shape index (κ2) is 8.11. The van der Waals surface area contributed by atoms with Gasteiger partial charge in [-0.25, -0.2) is 4.79 Å². The number of carbonyl (C=O) groups is 2. The van der Waals surface area contributed by atoms with Crippen LogP contribution in [0.1, 0.15) is 36.1 Å². The van der Waals surface area contributed by atoms with E-state index in [9.17, 15) is 22.8 Å². The zero-order valence-corrected chi connectivity index (χ0v) is 14.5. The molecule has 2 rings (SSSR count). The number of hydrogen-bond donors (Lipinski definition) is 2. The molecule has 144 valence electrons. The zero-order valence-electron chi connectivity index (χ0n) is 14.5. The topological polar surface area (TPSA) is 83.6 Å². The van der Waals surface area contributed by atoms with Gasteiger partial charge in [-0.05, 0) is 41.8 Å². The van der Waals surface area contributed by atoms with Gasteiger partial charge in [0.05, 0.1) is 11.6 Å². The van der Waals surface area contributed by atoms with Crippen molar-refractivity contribution in [2.45, 2.75) is 32.1 Å². The maximum Gasteiger partial charge on any atom is 0.416 e. The summed E-state index contributed by atoms with van der Waals surface area (Å²) < 4.78 is 38.3. The number of nitrogens with two attached hydrogens (primary N) is 1. The minimum Gasteiger partial charge on any atom is -0.474 e. The van der Waals surface area contributed by atoms with Crippen LogP contribution in [0.25, 0.3) is 0 Å². The van der Waals surface area contributed by atoms with E-state index in [1.165, 1.54) is 12.1 Å². The van der Waals surface area contributed by atoms with Gasteiger partial charge in [0.15, 0.2) is 0 Å². The van der Waals surface area contributed by atoms with Gasteiger partial charge in [0, 0.05) is 12.2 Å². The first-order chi connectivity index (χ1) is 12.6. The van der Waals surface area contributed by atoms with Crippen molar-refractivity contribution in [1.82, 2.24) is 4.90 Å². The molecule has 1 atom stereocenters. The minimum atomic E-state index is -4.47. The molecule has 8 heteroatoms. The summed E-state index contributed by atoms with van der Waals surface area (Å²) in [5, 5.41) is 9.16. The quantitative estimate of drug-likeness (QED) is 0.610. The van der Waals surface area contributed by atoms with E-state index < -0.39 is 29.7 Å². The molecule has 0 saturated heterocycles. The summed E-state index contributed by atoms with van der Waals surface area (Å²) in [4.78, 5) is 24.6. The Balaban J connectivity index is 2.37. The van der Waals surface area contributed by atoms with Crippen LogP contribution in [0.5, 0.6) is 0 Å². The predicted molar refractivity (Wildman–Crippen MR) is 93.5 cm³/mol. The van der Waals surface area contributed by atoms with Gasteiger partial charge in [-0.15, -0.1) is 0 Å². The monoisotopic (exact) mass is 380 g/mol. The SMILES string of the molecule is CCC(c1ccc(C(F)(F)F)cc1)N(Cc1ccc(N)cc1)C(=O)C(=O)O. The highest BCUT2D eigenvalue weighted by atomic mass is 19.4. The number of carboxylic acids is 1. The molecule has 0 spiro atoms. The summed E-state index contributed by atoms with van der Waals surface area (Å²) in [6, 6.07) is 10.3. The van der Waals surface area contributed by atoms with Gasteiger partial charge in [0.1, 0.15) is 0 Å². The van der Waals surface area contributed by atoms with E-state index in [1.807, 2.05) is 0 Å². The van der Waals surface area contributed by atoms with Crippen molar-refractivity contribution in [3.63, 3.8) is 0 Å². The molecule has 0 aliphatic carbocycles. The first kappa shape index (κ1) is 20.3.